The lowest BCUT2D eigenvalue weighted by atomic mass is 10.1. The Balaban J connectivity index is 1.07. The van der Waals surface area contributed by atoms with Crippen molar-refractivity contribution in [2.75, 3.05) is 0 Å². The van der Waals surface area contributed by atoms with Crippen LogP contribution < -0.4 is 0 Å². The van der Waals surface area contributed by atoms with Crippen LogP contribution in [0, 0.1) is 0 Å². The van der Waals surface area contributed by atoms with Crippen molar-refractivity contribution < 1.29 is 0 Å². The fourth-order valence-electron chi connectivity index (χ4n) is 8.74. The summed E-state index contributed by atoms with van der Waals surface area (Å²) in [6.45, 7) is 0. The molecule has 0 saturated carbocycles. The first-order chi connectivity index (χ1) is 30.7. The molecule has 0 atom stereocenters. The van der Waals surface area contributed by atoms with E-state index in [1.165, 1.54) is 0 Å². The van der Waals surface area contributed by atoms with Gasteiger partial charge in [0.2, 0.25) is 0 Å². The van der Waals surface area contributed by atoms with Gasteiger partial charge in [-0.15, -0.1) is 0 Å². The SMILES string of the molecule is c1ccc(-c2cc(-n3c4ccccc4c4ccc5c(c6ccccc6n5-c5ccc(-c6nc(-c7ccccc7)nc(-c7ccccc7)n6)cc5)c43)nc(-c3ccccc3)n2)cc1. The van der Waals surface area contributed by atoms with Gasteiger partial charge in [0.25, 0.3) is 0 Å². The fraction of sp³-hybridized carbons (Fsp3) is 0. The molecule has 12 aromatic rings. The van der Waals surface area contributed by atoms with Crippen LogP contribution in [0.1, 0.15) is 0 Å². The second-order valence-corrected chi connectivity index (χ2v) is 15.3. The molecule has 0 saturated heterocycles. The Hall–Kier alpha value is -8.55. The van der Waals surface area contributed by atoms with Gasteiger partial charge in [-0.2, -0.15) is 0 Å². The molecule has 0 unspecified atom stereocenters. The first-order valence-corrected chi connectivity index (χ1v) is 20.7. The van der Waals surface area contributed by atoms with E-state index in [0.29, 0.717) is 23.3 Å². The first kappa shape index (κ1) is 35.4. The highest BCUT2D eigenvalue weighted by atomic mass is 15.1. The van der Waals surface area contributed by atoms with Gasteiger partial charge in [0.05, 0.1) is 27.8 Å². The van der Waals surface area contributed by atoms with Crippen LogP contribution in [0.5, 0.6) is 0 Å². The normalized spacial score (nSPS) is 11.5. The molecule has 4 heterocycles. The molecule has 62 heavy (non-hydrogen) atoms. The lowest BCUT2D eigenvalue weighted by Crippen LogP contribution is -2.02. The van der Waals surface area contributed by atoms with E-state index in [1.807, 2.05) is 84.9 Å². The molecule has 7 nitrogen and oxygen atoms in total. The number of fused-ring (bicyclic) bond motifs is 7. The van der Waals surface area contributed by atoms with Crippen molar-refractivity contribution in [2.24, 2.45) is 0 Å². The maximum absolute atomic E-state index is 5.34. The third-order valence-electron chi connectivity index (χ3n) is 11.6. The van der Waals surface area contributed by atoms with Gasteiger partial charge >= 0.3 is 0 Å². The van der Waals surface area contributed by atoms with E-state index < -0.39 is 0 Å². The lowest BCUT2D eigenvalue weighted by Gasteiger charge is -2.13. The molecule has 0 aliphatic rings. The van der Waals surface area contributed by atoms with Crippen molar-refractivity contribution in [3.8, 4) is 68.3 Å². The largest absolute Gasteiger partial charge is 0.309 e. The number of benzene rings is 8. The Morgan fingerprint density at radius 1 is 0.290 bits per heavy atom. The van der Waals surface area contributed by atoms with Crippen LogP contribution in [0.4, 0.5) is 0 Å². The van der Waals surface area contributed by atoms with Crippen molar-refractivity contribution in [3.63, 3.8) is 0 Å². The molecule has 290 valence electrons. The first-order valence-electron chi connectivity index (χ1n) is 20.7. The predicted molar refractivity (Wildman–Crippen MR) is 251 cm³/mol. The Kier molecular flexibility index (Phi) is 8.35. The fourth-order valence-corrected chi connectivity index (χ4v) is 8.74. The number of para-hydroxylation sites is 2. The summed E-state index contributed by atoms with van der Waals surface area (Å²) in [5.74, 6) is 3.37. The number of aromatic nitrogens is 7. The van der Waals surface area contributed by atoms with E-state index in [1.54, 1.807) is 0 Å². The van der Waals surface area contributed by atoms with Crippen LogP contribution in [0.15, 0.2) is 212 Å². The number of nitrogens with zero attached hydrogens (tertiary/aromatic N) is 7. The second-order valence-electron chi connectivity index (χ2n) is 15.3. The van der Waals surface area contributed by atoms with Crippen molar-refractivity contribution >= 4 is 43.6 Å². The topological polar surface area (TPSA) is 74.3 Å². The molecule has 0 amide bonds. The van der Waals surface area contributed by atoms with E-state index in [-0.39, 0.29) is 0 Å². The van der Waals surface area contributed by atoms with Crippen LogP contribution in [0.25, 0.3) is 112 Å². The average molecular weight is 794 g/mol. The number of hydrogen-bond acceptors (Lipinski definition) is 5. The van der Waals surface area contributed by atoms with E-state index in [4.69, 9.17) is 24.9 Å². The van der Waals surface area contributed by atoms with Gasteiger partial charge < -0.3 is 4.57 Å². The van der Waals surface area contributed by atoms with E-state index in [9.17, 15) is 0 Å². The average Bonchev–Trinajstić information content (AvgIpc) is 3.88. The van der Waals surface area contributed by atoms with Gasteiger partial charge in [-0.25, -0.2) is 24.9 Å². The van der Waals surface area contributed by atoms with Crippen molar-refractivity contribution in [1.29, 1.82) is 0 Å². The van der Waals surface area contributed by atoms with Gasteiger partial charge in [0.1, 0.15) is 5.82 Å². The molecule has 4 aromatic heterocycles. The van der Waals surface area contributed by atoms with Crippen molar-refractivity contribution in [1.82, 2.24) is 34.1 Å². The summed E-state index contributed by atoms with van der Waals surface area (Å²) in [5, 5.41) is 4.62. The Labute approximate surface area is 356 Å². The van der Waals surface area contributed by atoms with E-state index in [0.717, 1.165) is 88.6 Å². The number of hydrogen-bond donors (Lipinski definition) is 0. The molecule has 0 aliphatic carbocycles. The summed E-state index contributed by atoms with van der Waals surface area (Å²) in [5.41, 5.74) is 11.0. The zero-order chi connectivity index (χ0) is 41.0. The van der Waals surface area contributed by atoms with Crippen LogP contribution in [0.3, 0.4) is 0 Å². The minimum atomic E-state index is 0.618. The molecule has 0 aliphatic heterocycles. The molecule has 0 spiro atoms. The standard InChI is InChI=1S/C55H35N7/c1-5-17-36(18-6-1)45-35-49(57-52(56-45)37-19-7-2-8-20-37)62-46-27-15-13-25-42(46)43-33-34-48-50(51(43)62)44-26-14-16-28-47(44)61(48)41-31-29-40(30-32-41)55-59-53(38-21-9-3-10-22-38)58-54(60-55)39-23-11-4-12-24-39/h1-35H. The Bertz CT molecular complexity index is 3480. The third-order valence-corrected chi connectivity index (χ3v) is 11.6. The van der Waals surface area contributed by atoms with Gasteiger partial charge in [0.15, 0.2) is 23.3 Å². The minimum Gasteiger partial charge on any atom is -0.309 e. The van der Waals surface area contributed by atoms with Crippen LogP contribution in [0.2, 0.25) is 0 Å². The summed E-state index contributed by atoms with van der Waals surface area (Å²) < 4.78 is 4.70. The molecule has 0 fully saturated rings. The van der Waals surface area contributed by atoms with Gasteiger partial charge in [0, 0.05) is 61.1 Å². The highest BCUT2D eigenvalue weighted by Crippen LogP contribution is 2.42. The molecule has 8 aromatic carbocycles. The summed E-state index contributed by atoms with van der Waals surface area (Å²) in [6, 6.07) is 73.3. The maximum Gasteiger partial charge on any atom is 0.164 e. The van der Waals surface area contributed by atoms with E-state index >= 15 is 0 Å². The smallest absolute Gasteiger partial charge is 0.164 e. The lowest BCUT2D eigenvalue weighted by molar-refractivity contribution is 1.05. The molecule has 0 bridgehead atoms. The molecule has 0 radical (unpaired) electrons. The monoisotopic (exact) mass is 793 g/mol. The quantitative estimate of drug-likeness (QED) is 0.161. The molecular formula is C55H35N7. The van der Waals surface area contributed by atoms with Crippen LogP contribution >= 0.6 is 0 Å². The maximum atomic E-state index is 5.34. The highest BCUT2D eigenvalue weighted by molar-refractivity contribution is 6.26. The van der Waals surface area contributed by atoms with Gasteiger partial charge in [-0.1, -0.05) is 164 Å². The highest BCUT2D eigenvalue weighted by Gasteiger charge is 2.23. The summed E-state index contributed by atoms with van der Waals surface area (Å²) in [4.78, 5) is 25.4. The van der Waals surface area contributed by atoms with Gasteiger partial charge in [-0.05, 0) is 42.5 Å². The minimum absolute atomic E-state index is 0.618. The van der Waals surface area contributed by atoms with Crippen molar-refractivity contribution in [2.45, 2.75) is 0 Å². The molecule has 12 rings (SSSR count). The zero-order valence-electron chi connectivity index (χ0n) is 33.3. The molecular weight excluding hydrogens is 759 g/mol. The third kappa shape index (κ3) is 5.94. The predicted octanol–water partition coefficient (Wildman–Crippen LogP) is 13.2. The molecule has 0 N–H and O–H groups in total. The Morgan fingerprint density at radius 3 is 1.31 bits per heavy atom. The van der Waals surface area contributed by atoms with Crippen LogP contribution in [-0.2, 0) is 0 Å². The second kappa shape index (κ2) is 14.6. The van der Waals surface area contributed by atoms with Crippen LogP contribution in [-0.4, -0.2) is 34.1 Å². The Morgan fingerprint density at radius 2 is 0.742 bits per heavy atom. The van der Waals surface area contributed by atoms with Gasteiger partial charge in [-0.3, -0.25) is 4.57 Å². The van der Waals surface area contributed by atoms with Crippen molar-refractivity contribution in [3.05, 3.63) is 212 Å². The summed E-state index contributed by atoms with van der Waals surface area (Å²) in [7, 11) is 0. The summed E-state index contributed by atoms with van der Waals surface area (Å²) in [6.07, 6.45) is 0. The zero-order valence-corrected chi connectivity index (χ0v) is 33.3. The number of rotatable bonds is 7. The summed E-state index contributed by atoms with van der Waals surface area (Å²) >= 11 is 0. The molecule has 7 heteroatoms. The van der Waals surface area contributed by atoms with E-state index in [2.05, 4.69) is 137 Å².